The molecule has 0 saturated heterocycles. The lowest BCUT2D eigenvalue weighted by atomic mass is 10.0. The molecule has 46 heavy (non-hydrogen) atoms. The van der Waals surface area contributed by atoms with E-state index in [2.05, 4.69) is 156 Å². The lowest BCUT2D eigenvalue weighted by Crippen LogP contribution is -1.94. The molecule has 0 atom stereocenters. The normalized spacial score (nSPS) is 12.0. The van der Waals surface area contributed by atoms with Crippen LogP contribution < -0.4 is 0 Å². The van der Waals surface area contributed by atoms with Crippen molar-refractivity contribution in [3.63, 3.8) is 0 Å². The van der Waals surface area contributed by atoms with Crippen LogP contribution in [-0.4, -0.2) is 9.13 Å². The zero-order valence-corrected chi connectivity index (χ0v) is 25.2. The molecule has 0 N–H and O–H groups in total. The number of furan rings is 1. The molecule has 3 nitrogen and oxygen atoms in total. The molecule has 3 heterocycles. The first-order chi connectivity index (χ1) is 22.7. The third kappa shape index (κ3) is 3.60. The summed E-state index contributed by atoms with van der Waals surface area (Å²) in [5.74, 6) is 0. The maximum absolute atomic E-state index is 6.14. The number of nitrogens with zero attached hydrogens (tertiary/aromatic N) is 2. The molecule has 0 aliphatic rings. The maximum Gasteiger partial charge on any atom is 0.135 e. The summed E-state index contributed by atoms with van der Waals surface area (Å²) in [6.07, 6.45) is 0. The van der Waals surface area contributed by atoms with Crippen molar-refractivity contribution in [3.8, 4) is 22.5 Å². The van der Waals surface area contributed by atoms with Crippen molar-refractivity contribution in [3.05, 3.63) is 157 Å². The monoisotopic (exact) mass is 588 g/mol. The van der Waals surface area contributed by atoms with Crippen LogP contribution in [0.5, 0.6) is 0 Å². The first-order valence-electron chi connectivity index (χ1n) is 15.8. The molecule has 0 radical (unpaired) electrons. The van der Waals surface area contributed by atoms with Crippen LogP contribution in [0.3, 0.4) is 0 Å². The highest BCUT2D eigenvalue weighted by Gasteiger charge is 2.17. The van der Waals surface area contributed by atoms with E-state index in [0.717, 1.165) is 27.6 Å². The molecule has 0 aliphatic heterocycles. The van der Waals surface area contributed by atoms with Gasteiger partial charge in [-0.15, -0.1) is 0 Å². The second-order valence-electron chi connectivity index (χ2n) is 12.3. The summed E-state index contributed by atoms with van der Waals surface area (Å²) in [5.41, 5.74) is 12.6. The standard InChI is InChI=1S/C43H28N2O/c1-27-14-18-30(19-15-27)44-38-11-5-2-8-32(38)35-24-28(16-21-40(35)44)29-17-22-41-36(25-29)33-9-3-6-12-39(33)45(41)31-20-23-43-37(26-31)34-10-4-7-13-42(34)46-43/h2-26H,1H3. The van der Waals surface area contributed by atoms with E-state index in [1.54, 1.807) is 0 Å². The van der Waals surface area contributed by atoms with Crippen molar-refractivity contribution in [2.24, 2.45) is 0 Å². The minimum Gasteiger partial charge on any atom is -0.456 e. The van der Waals surface area contributed by atoms with Gasteiger partial charge in [0.2, 0.25) is 0 Å². The highest BCUT2D eigenvalue weighted by atomic mass is 16.3. The van der Waals surface area contributed by atoms with E-state index >= 15 is 0 Å². The Morgan fingerprint density at radius 1 is 0.370 bits per heavy atom. The molecule has 0 amide bonds. The van der Waals surface area contributed by atoms with Crippen LogP contribution in [0, 0.1) is 6.92 Å². The first-order valence-corrected chi connectivity index (χ1v) is 15.8. The Morgan fingerprint density at radius 3 is 1.52 bits per heavy atom. The van der Waals surface area contributed by atoms with Gasteiger partial charge in [0.1, 0.15) is 11.2 Å². The van der Waals surface area contributed by atoms with Crippen molar-refractivity contribution < 1.29 is 4.42 Å². The summed E-state index contributed by atoms with van der Waals surface area (Å²) in [5, 5.41) is 7.29. The summed E-state index contributed by atoms with van der Waals surface area (Å²) >= 11 is 0. The zero-order chi connectivity index (χ0) is 30.4. The van der Waals surface area contributed by atoms with E-state index in [0.29, 0.717) is 0 Å². The molecule has 216 valence electrons. The minimum atomic E-state index is 0.909. The fourth-order valence-corrected chi connectivity index (χ4v) is 7.41. The molecule has 10 aromatic rings. The van der Waals surface area contributed by atoms with Gasteiger partial charge in [0, 0.05) is 43.7 Å². The van der Waals surface area contributed by atoms with Gasteiger partial charge in [-0.05, 0) is 90.8 Å². The van der Waals surface area contributed by atoms with Crippen LogP contribution in [-0.2, 0) is 0 Å². The van der Waals surface area contributed by atoms with Crippen molar-refractivity contribution >= 4 is 65.6 Å². The van der Waals surface area contributed by atoms with Crippen LogP contribution in [0.25, 0.3) is 88.1 Å². The average molecular weight is 589 g/mol. The van der Waals surface area contributed by atoms with Crippen molar-refractivity contribution in [2.75, 3.05) is 0 Å². The molecule has 7 aromatic carbocycles. The quantitative estimate of drug-likeness (QED) is 0.201. The van der Waals surface area contributed by atoms with E-state index in [4.69, 9.17) is 4.42 Å². The van der Waals surface area contributed by atoms with Gasteiger partial charge in [0.15, 0.2) is 0 Å². The molecule has 0 bridgehead atoms. The fourth-order valence-electron chi connectivity index (χ4n) is 7.41. The third-order valence-corrected chi connectivity index (χ3v) is 9.59. The Hall–Kier alpha value is -6.06. The van der Waals surface area contributed by atoms with Crippen LogP contribution in [0.2, 0.25) is 0 Å². The Bertz CT molecular complexity index is 2810. The predicted molar refractivity (Wildman–Crippen MR) is 193 cm³/mol. The van der Waals surface area contributed by atoms with Crippen molar-refractivity contribution in [2.45, 2.75) is 6.92 Å². The molecule has 10 rings (SSSR count). The summed E-state index contributed by atoms with van der Waals surface area (Å²) < 4.78 is 10.9. The smallest absolute Gasteiger partial charge is 0.135 e. The number of aromatic nitrogens is 2. The van der Waals surface area contributed by atoms with Gasteiger partial charge < -0.3 is 13.6 Å². The van der Waals surface area contributed by atoms with Gasteiger partial charge in [0.05, 0.1) is 22.1 Å². The Labute approximate surface area is 265 Å². The number of hydrogen-bond acceptors (Lipinski definition) is 1. The average Bonchev–Trinajstić information content (AvgIpc) is 3.75. The van der Waals surface area contributed by atoms with Crippen LogP contribution >= 0.6 is 0 Å². The second kappa shape index (κ2) is 9.47. The number of benzene rings is 7. The maximum atomic E-state index is 6.14. The lowest BCUT2D eigenvalue weighted by molar-refractivity contribution is 0.669. The second-order valence-corrected chi connectivity index (χ2v) is 12.3. The summed E-state index contributed by atoms with van der Waals surface area (Å²) in [6.45, 7) is 2.13. The van der Waals surface area contributed by atoms with Crippen LogP contribution in [0.15, 0.2) is 156 Å². The molecule has 3 heteroatoms. The van der Waals surface area contributed by atoms with Crippen LogP contribution in [0.1, 0.15) is 5.56 Å². The highest BCUT2D eigenvalue weighted by Crippen LogP contribution is 2.39. The summed E-state index contributed by atoms with van der Waals surface area (Å²) in [6, 6.07) is 54.9. The number of hydrogen-bond donors (Lipinski definition) is 0. The van der Waals surface area contributed by atoms with Crippen molar-refractivity contribution in [1.29, 1.82) is 0 Å². The molecule has 0 fully saturated rings. The van der Waals surface area contributed by atoms with E-state index in [1.165, 1.54) is 66.0 Å². The number of rotatable bonds is 3. The Balaban J connectivity index is 1.17. The van der Waals surface area contributed by atoms with Crippen molar-refractivity contribution in [1.82, 2.24) is 9.13 Å². The molecule has 0 saturated carbocycles. The molecule has 0 spiro atoms. The first kappa shape index (κ1) is 25.3. The van der Waals surface area contributed by atoms with Gasteiger partial charge in [-0.25, -0.2) is 0 Å². The summed E-state index contributed by atoms with van der Waals surface area (Å²) in [7, 11) is 0. The largest absolute Gasteiger partial charge is 0.456 e. The van der Waals surface area contributed by atoms with E-state index < -0.39 is 0 Å². The molecular weight excluding hydrogens is 560 g/mol. The number of fused-ring (bicyclic) bond motifs is 9. The van der Waals surface area contributed by atoms with Crippen LogP contribution in [0.4, 0.5) is 0 Å². The Morgan fingerprint density at radius 2 is 0.870 bits per heavy atom. The predicted octanol–water partition coefficient (Wildman–Crippen LogP) is 11.8. The zero-order valence-electron chi connectivity index (χ0n) is 25.2. The minimum absolute atomic E-state index is 0.909. The van der Waals surface area contributed by atoms with Gasteiger partial charge in [-0.2, -0.15) is 0 Å². The summed E-state index contributed by atoms with van der Waals surface area (Å²) in [4.78, 5) is 0. The number of aryl methyl sites for hydroxylation is 1. The SMILES string of the molecule is Cc1ccc(-n2c3ccccc3c3cc(-c4ccc5c(c4)c4ccccc4n5-c4ccc5oc6ccccc6c5c4)ccc32)cc1. The van der Waals surface area contributed by atoms with E-state index in [-0.39, 0.29) is 0 Å². The third-order valence-electron chi connectivity index (χ3n) is 9.59. The molecular formula is C43H28N2O. The molecule has 0 aliphatic carbocycles. The number of para-hydroxylation sites is 3. The van der Waals surface area contributed by atoms with Gasteiger partial charge in [-0.3, -0.25) is 0 Å². The molecule has 3 aromatic heterocycles. The van der Waals surface area contributed by atoms with Gasteiger partial charge in [-0.1, -0.05) is 84.4 Å². The lowest BCUT2D eigenvalue weighted by Gasteiger charge is -2.10. The fraction of sp³-hybridized carbons (Fsp3) is 0.0233. The van der Waals surface area contributed by atoms with E-state index in [1.807, 2.05) is 12.1 Å². The van der Waals surface area contributed by atoms with Gasteiger partial charge in [0.25, 0.3) is 0 Å². The molecule has 0 unspecified atom stereocenters. The van der Waals surface area contributed by atoms with Gasteiger partial charge >= 0.3 is 0 Å². The topological polar surface area (TPSA) is 23.0 Å². The van der Waals surface area contributed by atoms with E-state index in [9.17, 15) is 0 Å². The Kier molecular flexibility index (Phi) is 5.20. The highest BCUT2D eigenvalue weighted by molar-refractivity contribution is 6.13.